The van der Waals surface area contributed by atoms with Crippen LogP contribution in [0.1, 0.15) is 85.6 Å². The van der Waals surface area contributed by atoms with E-state index in [0.717, 1.165) is 44.5 Å². The van der Waals surface area contributed by atoms with Gasteiger partial charge in [-0.2, -0.15) is 17.7 Å². The third-order valence-electron chi connectivity index (χ3n) is 11.3. The van der Waals surface area contributed by atoms with Crippen molar-refractivity contribution in [2.75, 3.05) is 20.6 Å². The lowest BCUT2D eigenvalue weighted by atomic mass is 10.0. The van der Waals surface area contributed by atoms with Gasteiger partial charge in [-0.15, -0.1) is 11.3 Å². The number of fused-ring (bicyclic) bond motifs is 3. The Labute approximate surface area is 366 Å². The molecular formula is C44H56N8O8S2. The first-order valence-corrected chi connectivity index (χ1v) is 23.4. The van der Waals surface area contributed by atoms with Crippen molar-refractivity contribution in [3.05, 3.63) is 66.1 Å². The Morgan fingerprint density at radius 1 is 1.03 bits per heavy atom. The Balaban J connectivity index is 1.23. The molecule has 16 nitrogen and oxygen atoms in total. The predicted molar refractivity (Wildman–Crippen MR) is 236 cm³/mol. The van der Waals surface area contributed by atoms with E-state index in [1.54, 1.807) is 20.8 Å². The zero-order chi connectivity index (χ0) is 44.6. The molecule has 4 aromatic rings. The van der Waals surface area contributed by atoms with Gasteiger partial charge >= 0.3 is 16.3 Å². The number of alkyl carbamates (subject to hydrolysis) is 1. The Morgan fingerprint density at radius 2 is 1.79 bits per heavy atom. The number of carbonyl (C=O) groups is 4. The summed E-state index contributed by atoms with van der Waals surface area (Å²) in [7, 11) is -1.59. The molecule has 2 aliphatic heterocycles. The fourth-order valence-electron chi connectivity index (χ4n) is 8.05. The number of nitrogens with one attached hydrogen (secondary N) is 3. The molecular weight excluding hydrogens is 833 g/mol. The largest absolute Gasteiger partial charge is 0.459 e. The number of rotatable bonds is 9. The summed E-state index contributed by atoms with van der Waals surface area (Å²) >= 11 is 1.52. The summed E-state index contributed by atoms with van der Waals surface area (Å²) in [5, 5.41) is 8.45. The Hall–Kier alpha value is -5.33. The zero-order valence-corrected chi connectivity index (χ0v) is 37.8. The van der Waals surface area contributed by atoms with Crippen molar-refractivity contribution in [1.29, 1.82) is 0 Å². The lowest BCUT2D eigenvalue weighted by Crippen LogP contribution is -2.58. The van der Waals surface area contributed by atoms with E-state index in [-0.39, 0.29) is 25.4 Å². The average molecular weight is 889 g/mol. The van der Waals surface area contributed by atoms with Crippen LogP contribution in [0.25, 0.3) is 32.9 Å². The van der Waals surface area contributed by atoms with Gasteiger partial charge in [-0.05, 0) is 72.4 Å². The number of nitrogens with zero attached hydrogens (tertiary/aromatic N) is 5. The van der Waals surface area contributed by atoms with Gasteiger partial charge in [0.1, 0.15) is 39.9 Å². The number of hydrogen-bond donors (Lipinski definition) is 3. The highest BCUT2D eigenvalue weighted by Gasteiger charge is 2.62. The molecule has 4 amide bonds. The van der Waals surface area contributed by atoms with Crippen molar-refractivity contribution < 1.29 is 37.1 Å². The van der Waals surface area contributed by atoms with Crippen molar-refractivity contribution in [2.45, 2.75) is 115 Å². The number of aromatic nitrogens is 3. The van der Waals surface area contributed by atoms with Crippen LogP contribution in [0.4, 0.5) is 4.79 Å². The Morgan fingerprint density at radius 3 is 2.50 bits per heavy atom. The van der Waals surface area contributed by atoms with E-state index in [9.17, 15) is 27.6 Å². The first kappa shape index (κ1) is 44.7. The molecule has 2 aromatic heterocycles. The van der Waals surface area contributed by atoms with E-state index >= 15 is 0 Å². The molecule has 332 valence electrons. The van der Waals surface area contributed by atoms with E-state index in [1.165, 1.54) is 30.3 Å². The van der Waals surface area contributed by atoms with Crippen LogP contribution in [0.5, 0.6) is 6.01 Å². The van der Waals surface area contributed by atoms with Crippen LogP contribution >= 0.6 is 11.3 Å². The molecule has 2 aromatic carbocycles. The second-order valence-corrected chi connectivity index (χ2v) is 20.4. The molecule has 0 bridgehead atoms. The van der Waals surface area contributed by atoms with E-state index in [0.29, 0.717) is 30.8 Å². The van der Waals surface area contributed by atoms with E-state index < -0.39 is 69.3 Å². The van der Waals surface area contributed by atoms with Crippen molar-refractivity contribution in [3.8, 4) is 27.8 Å². The number of imidazole rings is 1. The predicted octanol–water partition coefficient (Wildman–Crippen LogP) is 5.97. The normalized spacial score (nSPS) is 24.1. The second-order valence-electron chi connectivity index (χ2n) is 17.7. The first-order chi connectivity index (χ1) is 29.4. The SMILES string of the molecule is CC(C)n1c(O[C@@H]2C[C@H]3C(=O)N[C@]4(C(=O)NS(=O)(=O)N(C)C)C[C@H]4/C=C\CCCCC[C@H](NC(=O)OC(C)(C)C)C(=O)N3C2)nc2c(-c3nc(-c4ccccc4)cs3)cccc21. The van der Waals surface area contributed by atoms with Crippen LogP contribution in [0, 0.1) is 5.92 Å². The molecule has 5 atom stereocenters. The van der Waals surface area contributed by atoms with Crippen LogP contribution in [0.3, 0.4) is 0 Å². The number of thiazole rings is 1. The first-order valence-electron chi connectivity index (χ1n) is 21.1. The van der Waals surface area contributed by atoms with Crippen LogP contribution < -0.4 is 20.1 Å². The summed E-state index contributed by atoms with van der Waals surface area (Å²) < 4.78 is 42.9. The molecule has 0 spiro atoms. The molecule has 4 heterocycles. The molecule has 2 fully saturated rings. The Bertz CT molecular complexity index is 2460. The van der Waals surface area contributed by atoms with Gasteiger partial charge in [-0.1, -0.05) is 61.4 Å². The molecule has 1 saturated carbocycles. The lowest BCUT2D eigenvalue weighted by molar-refractivity contribution is -0.141. The van der Waals surface area contributed by atoms with Gasteiger partial charge in [0.25, 0.3) is 11.9 Å². The number of ether oxygens (including phenoxy) is 2. The van der Waals surface area contributed by atoms with E-state index in [2.05, 4.69) is 15.4 Å². The minimum atomic E-state index is -4.19. The molecule has 3 N–H and O–H groups in total. The number of allylic oxidation sites excluding steroid dienone is 1. The van der Waals surface area contributed by atoms with E-state index in [1.807, 2.05) is 84.5 Å². The lowest BCUT2D eigenvalue weighted by Gasteiger charge is -2.30. The maximum atomic E-state index is 14.7. The summed E-state index contributed by atoms with van der Waals surface area (Å²) in [6, 6.07) is 13.8. The summed E-state index contributed by atoms with van der Waals surface area (Å²) in [6.07, 6.45) is 5.55. The third-order valence-corrected chi connectivity index (χ3v) is 13.6. The number of benzene rings is 2. The smallest absolute Gasteiger partial charge is 0.408 e. The van der Waals surface area contributed by atoms with Gasteiger partial charge in [0, 0.05) is 49.0 Å². The highest BCUT2D eigenvalue weighted by atomic mass is 32.2. The summed E-state index contributed by atoms with van der Waals surface area (Å²) in [5.41, 5.74) is 1.79. The van der Waals surface area contributed by atoms with E-state index in [4.69, 9.17) is 19.4 Å². The van der Waals surface area contributed by atoms with Gasteiger partial charge in [0.05, 0.1) is 17.8 Å². The topological polar surface area (TPSA) is 194 Å². The van der Waals surface area contributed by atoms with Crippen molar-refractivity contribution in [3.63, 3.8) is 0 Å². The van der Waals surface area contributed by atoms with Crippen LogP contribution in [-0.4, -0.2) is 106 Å². The van der Waals surface area contributed by atoms with Gasteiger partial charge in [-0.3, -0.25) is 19.0 Å². The molecule has 0 unspecified atom stereocenters. The van der Waals surface area contributed by atoms with Gasteiger partial charge in [0.2, 0.25) is 11.8 Å². The molecule has 1 saturated heterocycles. The monoisotopic (exact) mass is 888 g/mol. The summed E-state index contributed by atoms with van der Waals surface area (Å²) in [6.45, 7) is 9.18. The van der Waals surface area contributed by atoms with Crippen LogP contribution in [-0.2, 0) is 29.3 Å². The quantitative estimate of drug-likeness (QED) is 0.169. The second kappa shape index (κ2) is 17.8. The standard InChI is InChI=1S/C44H56N8O8S2/c1-27(2)52-34-22-16-20-31(38-45-33(26-61-38)28-17-12-11-13-18-28)36(34)47-41(52)59-30-23-35-37(53)48-44(40(55)49-62(57,58)50(6)7)24-29(44)19-14-9-8-10-15-21-32(39(54)51(35)25-30)46-42(56)60-43(3,4)5/h11-14,16-20,22,26-27,29-30,32,35H,8-10,15,21,23-25H2,1-7H3,(H,46,56)(H,48,53)(H,49,55)/b19-14-/t29-,30-,32+,35+,44-/m1/s1. The van der Waals surface area contributed by atoms with Crippen molar-refractivity contribution in [2.24, 2.45) is 5.92 Å². The van der Waals surface area contributed by atoms with Crippen molar-refractivity contribution >= 4 is 56.4 Å². The molecule has 0 radical (unpaired) electrons. The highest BCUT2D eigenvalue weighted by Crippen LogP contribution is 2.46. The zero-order valence-electron chi connectivity index (χ0n) is 36.2. The molecule has 62 heavy (non-hydrogen) atoms. The fraction of sp³-hybridized carbons (Fsp3) is 0.500. The number of hydrogen-bond acceptors (Lipinski definition) is 11. The van der Waals surface area contributed by atoms with Crippen molar-refractivity contribution in [1.82, 2.24) is 39.1 Å². The number of carbonyl (C=O) groups excluding carboxylic acids is 4. The molecule has 18 heteroatoms. The summed E-state index contributed by atoms with van der Waals surface area (Å²) in [5.74, 6) is -2.51. The number of amides is 4. The average Bonchev–Trinajstić information content (AvgIpc) is 3.56. The van der Waals surface area contributed by atoms with Crippen LogP contribution in [0.2, 0.25) is 0 Å². The highest BCUT2D eigenvalue weighted by molar-refractivity contribution is 7.87. The van der Waals surface area contributed by atoms with Gasteiger partial charge in [-0.25, -0.2) is 14.5 Å². The maximum Gasteiger partial charge on any atom is 0.408 e. The van der Waals surface area contributed by atoms with Gasteiger partial charge < -0.3 is 25.0 Å². The van der Waals surface area contributed by atoms with Gasteiger partial charge in [0.15, 0.2) is 0 Å². The summed E-state index contributed by atoms with van der Waals surface area (Å²) in [4.78, 5) is 67.7. The molecule has 7 rings (SSSR count). The number of para-hydroxylation sites is 1. The fourth-order valence-corrected chi connectivity index (χ4v) is 9.51. The third kappa shape index (κ3) is 9.66. The minimum Gasteiger partial charge on any atom is -0.459 e. The van der Waals surface area contributed by atoms with Crippen LogP contribution in [0.15, 0.2) is 66.1 Å². The Kier molecular flexibility index (Phi) is 12.8. The minimum absolute atomic E-state index is 0.0198. The molecule has 1 aliphatic carbocycles. The maximum absolute atomic E-state index is 14.7. The molecule has 3 aliphatic rings.